The molecule has 5 nitrogen and oxygen atoms in total. The maximum Gasteiger partial charge on any atom is 0.254 e. The van der Waals surface area contributed by atoms with Crippen molar-refractivity contribution in [3.63, 3.8) is 0 Å². The summed E-state index contributed by atoms with van der Waals surface area (Å²) in [5, 5.41) is 3.97. The zero-order valence-corrected chi connectivity index (χ0v) is 14.5. The van der Waals surface area contributed by atoms with Gasteiger partial charge in [0, 0.05) is 31.0 Å². The SMILES string of the molecule is O=C(c1ccnc(Nc2ncc(-c3ccccc3)s2)c1)N1CCCC1. The molecule has 1 aliphatic heterocycles. The normalized spacial score (nSPS) is 13.8. The Hall–Kier alpha value is -2.73. The molecule has 1 aromatic carbocycles. The second kappa shape index (κ2) is 7.03. The van der Waals surface area contributed by atoms with Gasteiger partial charge in [0.15, 0.2) is 5.13 Å². The van der Waals surface area contributed by atoms with E-state index in [2.05, 4.69) is 27.4 Å². The van der Waals surface area contributed by atoms with Crippen LogP contribution in [0.5, 0.6) is 0 Å². The first-order chi connectivity index (χ1) is 12.3. The van der Waals surface area contributed by atoms with E-state index in [4.69, 9.17) is 0 Å². The van der Waals surface area contributed by atoms with Crippen molar-refractivity contribution >= 4 is 28.2 Å². The van der Waals surface area contributed by atoms with E-state index in [1.165, 1.54) is 0 Å². The van der Waals surface area contributed by atoms with Crippen LogP contribution in [0.25, 0.3) is 10.4 Å². The van der Waals surface area contributed by atoms with Crippen LogP contribution in [-0.4, -0.2) is 33.9 Å². The second-order valence-electron chi connectivity index (χ2n) is 5.95. The smallest absolute Gasteiger partial charge is 0.254 e. The maximum atomic E-state index is 12.5. The van der Waals surface area contributed by atoms with Gasteiger partial charge in [-0.3, -0.25) is 4.79 Å². The highest BCUT2D eigenvalue weighted by atomic mass is 32.1. The molecule has 0 saturated carbocycles. The zero-order valence-electron chi connectivity index (χ0n) is 13.7. The molecule has 0 unspecified atom stereocenters. The Morgan fingerprint density at radius 1 is 1.08 bits per heavy atom. The molecule has 0 aliphatic carbocycles. The lowest BCUT2D eigenvalue weighted by molar-refractivity contribution is 0.0793. The average molecular weight is 350 g/mol. The summed E-state index contributed by atoms with van der Waals surface area (Å²) < 4.78 is 0. The Morgan fingerprint density at radius 2 is 1.88 bits per heavy atom. The van der Waals surface area contributed by atoms with Crippen molar-refractivity contribution in [1.82, 2.24) is 14.9 Å². The Balaban J connectivity index is 1.50. The van der Waals surface area contributed by atoms with Gasteiger partial charge in [-0.2, -0.15) is 0 Å². The minimum absolute atomic E-state index is 0.0760. The van der Waals surface area contributed by atoms with Gasteiger partial charge in [0.2, 0.25) is 0 Å². The molecule has 3 aromatic rings. The Bertz CT molecular complexity index is 872. The Labute approximate surface area is 150 Å². The number of pyridine rings is 1. The molecule has 0 radical (unpaired) electrons. The van der Waals surface area contributed by atoms with E-state index < -0.39 is 0 Å². The first kappa shape index (κ1) is 15.8. The topological polar surface area (TPSA) is 58.1 Å². The van der Waals surface area contributed by atoms with Crippen LogP contribution in [0.3, 0.4) is 0 Å². The number of rotatable bonds is 4. The summed E-state index contributed by atoms with van der Waals surface area (Å²) in [5.74, 6) is 0.714. The minimum Gasteiger partial charge on any atom is -0.339 e. The van der Waals surface area contributed by atoms with Gasteiger partial charge in [0.05, 0.1) is 4.88 Å². The molecule has 1 saturated heterocycles. The highest BCUT2D eigenvalue weighted by molar-refractivity contribution is 7.18. The van der Waals surface area contributed by atoms with Crippen molar-refractivity contribution in [3.8, 4) is 10.4 Å². The van der Waals surface area contributed by atoms with E-state index in [0.717, 1.165) is 41.5 Å². The summed E-state index contributed by atoms with van der Waals surface area (Å²) in [7, 11) is 0. The van der Waals surface area contributed by atoms with Crippen LogP contribution in [0.2, 0.25) is 0 Å². The summed E-state index contributed by atoms with van der Waals surface area (Å²) in [6.45, 7) is 1.69. The highest BCUT2D eigenvalue weighted by Crippen LogP contribution is 2.30. The van der Waals surface area contributed by atoms with E-state index in [0.29, 0.717) is 11.4 Å². The number of thiazole rings is 1. The van der Waals surface area contributed by atoms with Crippen molar-refractivity contribution in [2.45, 2.75) is 12.8 Å². The fraction of sp³-hybridized carbons (Fsp3) is 0.211. The molecule has 25 heavy (non-hydrogen) atoms. The number of likely N-dealkylation sites (tertiary alicyclic amines) is 1. The standard InChI is InChI=1S/C19H18N4OS/c24-18(23-10-4-5-11-23)15-8-9-20-17(12-15)22-19-21-13-16(25-19)14-6-2-1-3-7-14/h1-3,6-9,12-13H,4-5,10-11H2,(H,20,21,22). The van der Waals surface area contributed by atoms with Crippen molar-refractivity contribution in [3.05, 3.63) is 60.4 Å². The van der Waals surface area contributed by atoms with Crippen LogP contribution in [-0.2, 0) is 0 Å². The van der Waals surface area contributed by atoms with Gasteiger partial charge in [-0.25, -0.2) is 9.97 Å². The van der Waals surface area contributed by atoms with Crippen molar-refractivity contribution in [2.75, 3.05) is 18.4 Å². The summed E-state index contributed by atoms with van der Waals surface area (Å²) in [5.41, 5.74) is 1.80. The van der Waals surface area contributed by atoms with Gasteiger partial charge in [-0.15, -0.1) is 0 Å². The van der Waals surface area contributed by atoms with Crippen LogP contribution in [0.1, 0.15) is 23.2 Å². The van der Waals surface area contributed by atoms with Gasteiger partial charge in [0.1, 0.15) is 5.82 Å². The number of aromatic nitrogens is 2. The quantitative estimate of drug-likeness (QED) is 0.767. The molecule has 1 aliphatic rings. The van der Waals surface area contributed by atoms with E-state index in [1.807, 2.05) is 29.3 Å². The van der Waals surface area contributed by atoms with Crippen LogP contribution in [0, 0.1) is 0 Å². The van der Waals surface area contributed by atoms with E-state index in [-0.39, 0.29) is 5.91 Å². The lowest BCUT2D eigenvalue weighted by Crippen LogP contribution is -2.27. The van der Waals surface area contributed by atoms with E-state index in [1.54, 1.807) is 29.7 Å². The fourth-order valence-electron chi connectivity index (χ4n) is 2.91. The Morgan fingerprint density at radius 3 is 2.68 bits per heavy atom. The number of anilines is 2. The summed E-state index contributed by atoms with van der Waals surface area (Å²) in [4.78, 5) is 24.2. The molecule has 1 amide bonds. The molecule has 126 valence electrons. The molecule has 0 bridgehead atoms. The van der Waals surface area contributed by atoms with Crippen LogP contribution in [0.4, 0.5) is 10.9 Å². The molecule has 4 rings (SSSR count). The largest absolute Gasteiger partial charge is 0.339 e. The number of carbonyl (C=O) groups is 1. The monoisotopic (exact) mass is 350 g/mol. The summed E-state index contributed by atoms with van der Waals surface area (Å²) >= 11 is 1.56. The second-order valence-corrected chi connectivity index (χ2v) is 6.98. The van der Waals surface area contributed by atoms with Crippen LogP contribution >= 0.6 is 11.3 Å². The molecule has 0 spiro atoms. The predicted molar refractivity (Wildman–Crippen MR) is 100 cm³/mol. The van der Waals surface area contributed by atoms with Gasteiger partial charge >= 0.3 is 0 Å². The fourth-order valence-corrected chi connectivity index (χ4v) is 3.74. The molecular formula is C19H18N4OS. The molecule has 6 heteroatoms. The van der Waals surface area contributed by atoms with Crippen molar-refractivity contribution in [1.29, 1.82) is 0 Å². The maximum absolute atomic E-state index is 12.5. The number of amides is 1. The molecule has 0 atom stereocenters. The van der Waals surface area contributed by atoms with Gasteiger partial charge in [-0.1, -0.05) is 41.7 Å². The summed E-state index contributed by atoms with van der Waals surface area (Å²) in [6.07, 6.45) is 5.69. The van der Waals surface area contributed by atoms with Crippen molar-refractivity contribution in [2.24, 2.45) is 0 Å². The van der Waals surface area contributed by atoms with Crippen molar-refractivity contribution < 1.29 is 4.79 Å². The molecule has 3 heterocycles. The minimum atomic E-state index is 0.0760. The number of carbonyl (C=O) groups excluding carboxylic acids is 1. The number of hydrogen-bond donors (Lipinski definition) is 1. The zero-order chi connectivity index (χ0) is 17.1. The number of benzene rings is 1. The third kappa shape index (κ3) is 3.53. The van der Waals surface area contributed by atoms with E-state index in [9.17, 15) is 4.79 Å². The molecule has 1 fully saturated rings. The number of nitrogens with zero attached hydrogens (tertiary/aromatic N) is 3. The first-order valence-electron chi connectivity index (χ1n) is 8.33. The van der Waals surface area contributed by atoms with Gasteiger partial charge < -0.3 is 10.2 Å². The van der Waals surface area contributed by atoms with Crippen LogP contribution in [0.15, 0.2) is 54.9 Å². The lowest BCUT2D eigenvalue weighted by atomic mass is 10.2. The third-order valence-corrected chi connectivity index (χ3v) is 5.16. The predicted octanol–water partition coefficient (Wildman–Crippen LogP) is 4.18. The highest BCUT2D eigenvalue weighted by Gasteiger charge is 2.19. The molecule has 1 N–H and O–H groups in total. The Kier molecular flexibility index (Phi) is 4.43. The van der Waals surface area contributed by atoms with E-state index >= 15 is 0 Å². The third-order valence-electron chi connectivity index (χ3n) is 4.20. The number of nitrogens with one attached hydrogen (secondary N) is 1. The van der Waals surface area contributed by atoms with Gasteiger partial charge in [-0.05, 0) is 30.5 Å². The average Bonchev–Trinajstić information content (AvgIpc) is 3.34. The number of hydrogen-bond acceptors (Lipinski definition) is 5. The molecular weight excluding hydrogens is 332 g/mol. The van der Waals surface area contributed by atoms with Gasteiger partial charge in [0.25, 0.3) is 5.91 Å². The summed E-state index contributed by atoms with van der Waals surface area (Å²) in [6, 6.07) is 13.7. The first-order valence-corrected chi connectivity index (χ1v) is 9.15. The van der Waals surface area contributed by atoms with Crippen LogP contribution < -0.4 is 5.32 Å². The lowest BCUT2D eigenvalue weighted by Gasteiger charge is -2.15. The molecule has 2 aromatic heterocycles.